The Morgan fingerprint density at radius 1 is 1.13 bits per heavy atom. The van der Waals surface area contributed by atoms with Gasteiger partial charge in [0.2, 0.25) is 5.91 Å². The number of rotatable bonds is 6. The van der Waals surface area contributed by atoms with E-state index in [0.29, 0.717) is 37.0 Å². The number of ether oxygens (including phenoxy) is 1. The van der Waals surface area contributed by atoms with Crippen LogP contribution in [-0.2, 0) is 9.53 Å². The smallest absolute Gasteiger partial charge is 0.409 e. The second-order valence-electron chi connectivity index (χ2n) is 9.55. The minimum atomic E-state index is -0.236. The van der Waals surface area contributed by atoms with Crippen LogP contribution in [0, 0.1) is 11.3 Å². The third-order valence-corrected chi connectivity index (χ3v) is 6.25. The van der Waals surface area contributed by atoms with E-state index in [9.17, 15) is 9.59 Å². The molecule has 0 aromatic rings. The van der Waals surface area contributed by atoms with Crippen molar-refractivity contribution < 1.29 is 14.3 Å². The van der Waals surface area contributed by atoms with Crippen molar-refractivity contribution in [2.45, 2.75) is 65.3 Å². The molecule has 0 bridgehead atoms. The van der Waals surface area contributed by atoms with Gasteiger partial charge in [0.1, 0.15) is 6.54 Å². The van der Waals surface area contributed by atoms with Crippen LogP contribution in [-0.4, -0.2) is 80.7 Å². The van der Waals surface area contributed by atoms with Crippen molar-refractivity contribution in [2.75, 3.05) is 46.9 Å². The van der Waals surface area contributed by atoms with Crippen molar-refractivity contribution in [3.05, 3.63) is 0 Å². The van der Waals surface area contributed by atoms with Gasteiger partial charge >= 0.3 is 6.09 Å². The zero-order chi connectivity index (χ0) is 22.1. The van der Waals surface area contributed by atoms with E-state index in [-0.39, 0.29) is 24.6 Å². The molecule has 8 nitrogen and oxygen atoms in total. The van der Waals surface area contributed by atoms with E-state index < -0.39 is 0 Å². The van der Waals surface area contributed by atoms with Gasteiger partial charge in [0, 0.05) is 39.8 Å². The Morgan fingerprint density at radius 3 is 2.33 bits per heavy atom. The van der Waals surface area contributed by atoms with E-state index >= 15 is 0 Å². The van der Waals surface area contributed by atoms with Crippen molar-refractivity contribution in [3.8, 4) is 0 Å². The first-order valence-corrected chi connectivity index (χ1v) is 11.4. The maximum absolute atomic E-state index is 12.0. The molecule has 0 atom stereocenters. The Hall–Kier alpha value is -1.99. The summed E-state index contributed by atoms with van der Waals surface area (Å²) < 4.78 is 5.09. The molecule has 2 fully saturated rings. The summed E-state index contributed by atoms with van der Waals surface area (Å²) in [5.41, 5.74) is 0.455. The topological polar surface area (TPSA) is 86.3 Å². The Labute approximate surface area is 181 Å². The molecule has 0 aromatic heterocycles. The van der Waals surface area contributed by atoms with Crippen LogP contribution in [0.4, 0.5) is 4.79 Å². The van der Waals surface area contributed by atoms with Crippen LogP contribution in [0.3, 0.4) is 0 Å². The molecular weight excluding hydrogens is 382 g/mol. The van der Waals surface area contributed by atoms with E-state index in [1.165, 1.54) is 25.7 Å². The van der Waals surface area contributed by atoms with Crippen LogP contribution in [0.5, 0.6) is 0 Å². The Bertz CT molecular complexity index is 588. The van der Waals surface area contributed by atoms with E-state index in [1.54, 1.807) is 23.9 Å². The molecule has 0 unspecified atom stereocenters. The zero-order valence-electron chi connectivity index (χ0n) is 19.5. The molecule has 1 aliphatic heterocycles. The van der Waals surface area contributed by atoms with Crippen LogP contribution in [0.15, 0.2) is 4.99 Å². The summed E-state index contributed by atoms with van der Waals surface area (Å²) in [5, 5.41) is 6.96. The molecule has 1 saturated heterocycles. The van der Waals surface area contributed by atoms with Crippen molar-refractivity contribution in [1.29, 1.82) is 0 Å². The number of hydrogen-bond acceptors (Lipinski definition) is 4. The molecule has 1 aliphatic carbocycles. The molecule has 2 amide bonds. The lowest BCUT2D eigenvalue weighted by Gasteiger charge is -2.35. The van der Waals surface area contributed by atoms with Crippen LogP contribution in [0.1, 0.15) is 59.3 Å². The van der Waals surface area contributed by atoms with Gasteiger partial charge in [-0.2, -0.15) is 0 Å². The van der Waals surface area contributed by atoms with E-state index in [2.05, 4.69) is 29.5 Å². The molecule has 0 radical (unpaired) electrons. The highest BCUT2D eigenvalue weighted by atomic mass is 16.6. The molecule has 1 heterocycles. The minimum Gasteiger partial charge on any atom is -0.450 e. The fraction of sp³-hybridized carbons (Fsp3) is 0.864. The number of carbonyl (C=O) groups excluding carboxylic acids is 2. The lowest BCUT2D eigenvalue weighted by Crippen LogP contribution is -2.50. The van der Waals surface area contributed by atoms with Gasteiger partial charge in [-0.15, -0.1) is 0 Å². The first kappa shape index (κ1) is 24.3. The average Bonchev–Trinajstić information content (AvgIpc) is 2.71. The fourth-order valence-electron chi connectivity index (χ4n) is 3.96. The number of aliphatic imine (C=N–C) groups is 1. The third kappa shape index (κ3) is 8.03. The molecule has 2 rings (SSSR count). The highest BCUT2D eigenvalue weighted by molar-refractivity contribution is 5.85. The normalized spacial score (nSPS) is 20.6. The summed E-state index contributed by atoms with van der Waals surface area (Å²) in [6.07, 6.45) is 6.39. The minimum absolute atomic E-state index is 0.0207. The molecule has 2 aliphatic rings. The molecular formula is C22H41N5O3. The number of hydrogen-bond donors (Lipinski definition) is 2. The molecule has 2 N–H and O–H groups in total. The Balaban J connectivity index is 1.88. The van der Waals surface area contributed by atoms with E-state index in [1.807, 2.05) is 6.92 Å². The van der Waals surface area contributed by atoms with Gasteiger partial charge in [0.15, 0.2) is 5.96 Å². The zero-order valence-corrected chi connectivity index (χ0v) is 19.5. The molecule has 0 aromatic carbocycles. The largest absolute Gasteiger partial charge is 0.450 e. The number of likely N-dealkylation sites (tertiary alicyclic amines) is 1. The number of piperidine rings is 1. The number of nitrogens with zero attached hydrogens (tertiary/aromatic N) is 3. The average molecular weight is 424 g/mol. The quantitative estimate of drug-likeness (QED) is 0.506. The standard InChI is InChI=1S/C22H41N5O3/c1-6-30-21(29)27-13-9-18(10-14-27)25-20(24-16-19(28)26(4)5)23-15-17-7-11-22(2,3)12-8-17/h17-18H,6-16H2,1-5H3,(H2,23,24,25). The number of nitrogens with one attached hydrogen (secondary N) is 2. The number of likely N-dealkylation sites (N-methyl/N-ethyl adjacent to an activating group) is 1. The maximum atomic E-state index is 12.0. The van der Waals surface area contributed by atoms with E-state index in [0.717, 1.165) is 19.4 Å². The third-order valence-electron chi connectivity index (χ3n) is 6.25. The van der Waals surface area contributed by atoms with Crippen LogP contribution in [0.2, 0.25) is 0 Å². The lowest BCUT2D eigenvalue weighted by molar-refractivity contribution is -0.127. The van der Waals surface area contributed by atoms with Crippen LogP contribution in [0.25, 0.3) is 0 Å². The van der Waals surface area contributed by atoms with Gasteiger partial charge < -0.3 is 25.2 Å². The Morgan fingerprint density at radius 2 is 1.77 bits per heavy atom. The lowest BCUT2D eigenvalue weighted by atomic mass is 9.73. The van der Waals surface area contributed by atoms with Gasteiger partial charge in [-0.05, 0) is 56.8 Å². The van der Waals surface area contributed by atoms with Gasteiger partial charge in [0.25, 0.3) is 0 Å². The first-order valence-electron chi connectivity index (χ1n) is 11.4. The molecule has 0 spiro atoms. The molecule has 8 heteroatoms. The van der Waals surface area contributed by atoms with Crippen LogP contribution >= 0.6 is 0 Å². The number of guanidine groups is 1. The molecule has 172 valence electrons. The summed E-state index contributed by atoms with van der Waals surface area (Å²) in [6.45, 7) is 9.25. The summed E-state index contributed by atoms with van der Waals surface area (Å²) in [6, 6.07) is 0.224. The Kier molecular flexibility index (Phi) is 9.24. The van der Waals surface area contributed by atoms with Gasteiger partial charge in [-0.1, -0.05) is 13.8 Å². The second kappa shape index (κ2) is 11.4. The molecule has 1 saturated carbocycles. The highest BCUT2D eigenvalue weighted by Crippen LogP contribution is 2.37. The summed E-state index contributed by atoms with van der Waals surface area (Å²) in [7, 11) is 3.49. The fourth-order valence-corrected chi connectivity index (χ4v) is 3.96. The monoisotopic (exact) mass is 423 g/mol. The van der Waals surface area contributed by atoms with Gasteiger partial charge in [-0.3, -0.25) is 4.79 Å². The number of amides is 2. The van der Waals surface area contributed by atoms with Crippen molar-refractivity contribution in [3.63, 3.8) is 0 Å². The van der Waals surface area contributed by atoms with Gasteiger partial charge in [-0.25, -0.2) is 9.79 Å². The summed E-state index contributed by atoms with van der Waals surface area (Å²) in [4.78, 5) is 31.7. The summed E-state index contributed by atoms with van der Waals surface area (Å²) >= 11 is 0. The van der Waals surface area contributed by atoms with Crippen molar-refractivity contribution in [1.82, 2.24) is 20.4 Å². The first-order chi connectivity index (χ1) is 14.2. The SMILES string of the molecule is CCOC(=O)N1CCC(NC(=NCC(=O)N(C)C)NCC2CCC(C)(C)CC2)CC1. The predicted molar refractivity (Wildman–Crippen MR) is 119 cm³/mol. The van der Waals surface area contributed by atoms with E-state index in [4.69, 9.17) is 4.74 Å². The second-order valence-corrected chi connectivity index (χ2v) is 9.55. The van der Waals surface area contributed by atoms with Crippen LogP contribution < -0.4 is 10.6 Å². The van der Waals surface area contributed by atoms with Gasteiger partial charge in [0.05, 0.1) is 6.61 Å². The summed E-state index contributed by atoms with van der Waals surface area (Å²) in [5.74, 6) is 1.32. The molecule has 30 heavy (non-hydrogen) atoms. The van der Waals surface area contributed by atoms with Crippen molar-refractivity contribution >= 4 is 18.0 Å². The van der Waals surface area contributed by atoms with Crippen molar-refractivity contribution in [2.24, 2.45) is 16.3 Å². The highest BCUT2D eigenvalue weighted by Gasteiger charge is 2.27. The number of carbonyl (C=O) groups is 2. The maximum Gasteiger partial charge on any atom is 0.409 e. The predicted octanol–water partition coefficient (Wildman–Crippen LogP) is 2.45.